The van der Waals surface area contributed by atoms with Crippen molar-refractivity contribution in [3.05, 3.63) is 33.9 Å². The second-order valence-corrected chi connectivity index (χ2v) is 5.41. The fourth-order valence-electron chi connectivity index (χ4n) is 2.38. The van der Waals surface area contributed by atoms with Gasteiger partial charge in [0, 0.05) is 21.3 Å². The van der Waals surface area contributed by atoms with Gasteiger partial charge in [0.1, 0.15) is 11.6 Å². The van der Waals surface area contributed by atoms with E-state index in [4.69, 9.17) is 10.5 Å². The van der Waals surface area contributed by atoms with Gasteiger partial charge in [-0.3, -0.25) is 0 Å². The number of fused-ring (bicyclic) bond motifs is 1. The first-order valence-electron chi connectivity index (χ1n) is 6.18. The smallest absolute Gasteiger partial charge is 0.163 e. The van der Waals surface area contributed by atoms with Gasteiger partial charge < -0.3 is 10.5 Å². The Morgan fingerprint density at radius 3 is 2.89 bits per heavy atom. The highest BCUT2D eigenvalue weighted by Gasteiger charge is 2.19. The van der Waals surface area contributed by atoms with E-state index in [-0.39, 0.29) is 0 Å². The van der Waals surface area contributed by atoms with Crippen LogP contribution in [-0.4, -0.2) is 17.1 Å². The number of aromatic nitrogens is 2. The minimum atomic E-state index is 0.604. The van der Waals surface area contributed by atoms with E-state index in [2.05, 4.69) is 25.9 Å². The Kier molecular flexibility index (Phi) is 3.14. The van der Waals surface area contributed by atoms with Crippen molar-refractivity contribution in [3.63, 3.8) is 0 Å². The van der Waals surface area contributed by atoms with Crippen LogP contribution in [0.25, 0.3) is 11.4 Å². The fourth-order valence-corrected chi connectivity index (χ4v) is 2.81. The molecule has 2 N–H and O–H groups in total. The first kappa shape index (κ1) is 12.4. The maximum Gasteiger partial charge on any atom is 0.163 e. The molecule has 0 bridgehead atoms. The number of rotatable bonds is 2. The number of nitrogens with two attached hydrogens (primary N) is 1. The Labute approximate surface area is 120 Å². The maximum atomic E-state index is 6.03. The summed E-state index contributed by atoms with van der Waals surface area (Å²) in [5, 5.41) is 0. The van der Waals surface area contributed by atoms with Gasteiger partial charge in [-0.25, -0.2) is 9.97 Å². The van der Waals surface area contributed by atoms with Crippen LogP contribution in [0.3, 0.4) is 0 Å². The van der Waals surface area contributed by atoms with Gasteiger partial charge in [0.25, 0.3) is 0 Å². The summed E-state index contributed by atoms with van der Waals surface area (Å²) in [5.74, 6) is 2.04. The lowest BCUT2D eigenvalue weighted by Crippen LogP contribution is -2.03. The van der Waals surface area contributed by atoms with Gasteiger partial charge in [0.15, 0.2) is 5.82 Å². The molecular weight excluding hydrogens is 306 g/mol. The van der Waals surface area contributed by atoms with Crippen LogP contribution in [0.2, 0.25) is 0 Å². The third-order valence-corrected chi connectivity index (χ3v) is 4.07. The van der Waals surface area contributed by atoms with Gasteiger partial charge in [-0.15, -0.1) is 0 Å². The van der Waals surface area contributed by atoms with Crippen LogP contribution >= 0.6 is 15.9 Å². The number of nitrogens with zero attached hydrogens (tertiary/aromatic N) is 2. The molecule has 0 fully saturated rings. The molecule has 1 aromatic carbocycles. The van der Waals surface area contributed by atoms with Gasteiger partial charge in [-0.1, -0.05) is 15.9 Å². The average molecular weight is 320 g/mol. The summed E-state index contributed by atoms with van der Waals surface area (Å²) >= 11 is 3.53. The van der Waals surface area contributed by atoms with Crippen LogP contribution in [0.4, 0.5) is 5.82 Å². The highest BCUT2D eigenvalue weighted by atomic mass is 79.9. The van der Waals surface area contributed by atoms with Crippen LogP contribution in [0, 0.1) is 0 Å². The zero-order chi connectivity index (χ0) is 13.4. The average Bonchev–Trinajstić information content (AvgIpc) is 2.88. The monoisotopic (exact) mass is 319 g/mol. The van der Waals surface area contributed by atoms with E-state index in [0.717, 1.165) is 46.3 Å². The lowest BCUT2D eigenvalue weighted by atomic mass is 10.1. The Hall–Kier alpha value is -1.62. The highest BCUT2D eigenvalue weighted by molar-refractivity contribution is 9.10. The summed E-state index contributed by atoms with van der Waals surface area (Å²) in [5.41, 5.74) is 9.13. The van der Waals surface area contributed by atoms with Crippen molar-refractivity contribution in [1.82, 2.24) is 9.97 Å². The molecule has 1 aliphatic rings. The first-order valence-corrected chi connectivity index (χ1v) is 6.97. The summed E-state index contributed by atoms with van der Waals surface area (Å²) < 4.78 is 6.18. The van der Waals surface area contributed by atoms with Crippen molar-refractivity contribution in [1.29, 1.82) is 0 Å². The molecule has 0 radical (unpaired) electrons. The lowest BCUT2D eigenvalue weighted by Gasteiger charge is -2.09. The molecule has 2 aromatic rings. The number of hydrogen-bond acceptors (Lipinski definition) is 4. The number of ether oxygens (including phenoxy) is 1. The van der Waals surface area contributed by atoms with E-state index >= 15 is 0 Å². The molecule has 5 heteroatoms. The molecule has 4 nitrogen and oxygen atoms in total. The van der Waals surface area contributed by atoms with E-state index in [1.54, 1.807) is 7.11 Å². The number of aryl methyl sites for hydroxylation is 1. The second-order valence-electron chi connectivity index (χ2n) is 4.56. The van der Waals surface area contributed by atoms with Gasteiger partial charge in [-0.2, -0.15) is 0 Å². The standard InChI is InChI=1S/C14H14BrN3O/c1-19-8-5-6-11(15)10(7-8)14-17-12-4-2-3-9(12)13(16)18-14/h5-7H,2-4H2,1H3,(H2,16,17,18). The van der Waals surface area contributed by atoms with Crippen molar-refractivity contribution in [2.24, 2.45) is 0 Å². The largest absolute Gasteiger partial charge is 0.497 e. The van der Waals surface area contributed by atoms with Gasteiger partial charge in [0.2, 0.25) is 0 Å². The molecule has 0 saturated heterocycles. The molecule has 1 aliphatic carbocycles. The quantitative estimate of drug-likeness (QED) is 0.924. The normalized spacial score (nSPS) is 13.4. The summed E-state index contributed by atoms with van der Waals surface area (Å²) in [7, 11) is 1.64. The molecule has 0 unspecified atom stereocenters. The van der Waals surface area contributed by atoms with Crippen molar-refractivity contribution < 1.29 is 4.74 Å². The first-order chi connectivity index (χ1) is 9.19. The van der Waals surface area contributed by atoms with Crippen molar-refractivity contribution in [2.75, 3.05) is 12.8 Å². The van der Waals surface area contributed by atoms with Crippen LogP contribution in [0.15, 0.2) is 22.7 Å². The molecule has 3 rings (SSSR count). The molecule has 0 saturated carbocycles. The molecule has 0 amide bonds. The van der Waals surface area contributed by atoms with Crippen molar-refractivity contribution in [2.45, 2.75) is 19.3 Å². The zero-order valence-corrected chi connectivity index (χ0v) is 12.2. The summed E-state index contributed by atoms with van der Waals surface area (Å²) in [6.45, 7) is 0. The number of nitrogen functional groups attached to an aromatic ring is 1. The predicted molar refractivity (Wildman–Crippen MR) is 78.2 cm³/mol. The number of halogens is 1. The number of methoxy groups -OCH3 is 1. The molecule has 1 heterocycles. The molecular formula is C14H14BrN3O. The Morgan fingerprint density at radius 2 is 2.11 bits per heavy atom. The van der Waals surface area contributed by atoms with Crippen LogP contribution < -0.4 is 10.5 Å². The number of benzene rings is 1. The molecule has 0 aliphatic heterocycles. The Balaban J connectivity index is 2.14. The molecule has 0 atom stereocenters. The minimum absolute atomic E-state index is 0.604. The SMILES string of the molecule is COc1ccc(Br)c(-c2nc(N)c3c(n2)CCC3)c1. The van der Waals surface area contributed by atoms with Crippen LogP contribution in [-0.2, 0) is 12.8 Å². The molecule has 98 valence electrons. The molecule has 1 aromatic heterocycles. The van der Waals surface area contributed by atoms with E-state index in [0.29, 0.717) is 11.6 Å². The lowest BCUT2D eigenvalue weighted by molar-refractivity contribution is 0.415. The summed E-state index contributed by atoms with van der Waals surface area (Å²) in [6, 6.07) is 5.74. The van der Waals surface area contributed by atoms with Crippen LogP contribution in [0.1, 0.15) is 17.7 Å². The number of anilines is 1. The van der Waals surface area contributed by atoms with E-state index in [9.17, 15) is 0 Å². The maximum absolute atomic E-state index is 6.03. The van der Waals surface area contributed by atoms with Crippen molar-refractivity contribution in [3.8, 4) is 17.1 Å². The predicted octanol–water partition coefficient (Wildman–Crippen LogP) is 2.99. The van der Waals surface area contributed by atoms with Gasteiger partial charge >= 0.3 is 0 Å². The van der Waals surface area contributed by atoms with Gasteiger partial charge in [-0.05, 0) is 37.5 Å². The third kappa shape index (κ3) is 2.18. The van der Waals surface area contributed by atoms with E-state index < -0.39 is 0 Å². The number of hydrogen-bond donors (Lipinski definition) is 1. The minimum Gasteiger partial charge on any atom is -0.497 e. The molecule has 19 heavy (non-hydrogen) atoms. The molecule has 0 spiro atoms. The Bertz CT molecular complexity index is 643. The third-order valence-electron chi connectivity index (χ3n) is 3.38. The highest BCUT2D eigenvalue weighted by Crippen LogP contribution is 2.32. The van der Waals surface area contributed by atoms with E-state index in [1.165, 1.54) is 0 Å². The second kappa shape index (κ2) is 4.81. The van der Waals surface area contributed by atoms with Crippen molar-refractivity contribution >= 4 is 21.7 Å². The van der Waals surface area contributed by atoms with Crippen LogP contribution in [0.5, 0.6) is 5.75 Å². The summed E-state index contributed by atoms with van der Waals surface area (Å²) in [6.07, 6.45) is 3.08. The topological polar surface area (TPSA) is 61.0 Å². The Morgan fingerprint density at radius 1 is 1.26 bits per heavy atom. The van der Waals surface area contributed by atoms with Gasteiger partial charge in [0.05, 0.1) is 7.11 Å². The van der Waals surface area contributed by atoms with E-state index in [1.807, 2.05) is 18.2 Å². The fraction of sp³-hybridized carbons (Fsp3) is 0.286. The summed E-state index contributed by atoms with van der Waals surface area (Å²) in [4.78, 5) is 9.08. The zero-order valence-electron chi connectivity index (χ0n) is 10.6.